The number of hydrogen-bond acceptors (Lipinski definition) is 3. The third-order valence-electron chi connectivity index (χ3n) is 4.63. The average molecular weight is 319 g/mol. The van der Waals surface area contributed by atoms with Gasteiger partial charge in [-0.15, -0.1) is 0 Å². The first-order chi connectivity index (χ1) is 11.7. The lowest BCUT2D eigenvalue weighted by atomic mass is 9.93. The first kappa shape index (κ1) is 14.6. The summed E-state index contributed by atoms with van der Waals surface area (Å²) in [5.74, 6) is 0.368. The van der Waals surface area contributed by atoms with Gasteiger partial charge in [0, 0.05) is 12.0 Å². The summed E-state index contributed by atoms with van der Waals surface area (Å²) in [6, 6.07) is 15.8. The maximum absolute atomic E-state index is 11.5. The Bertz CT molecular complexity index is 928. The molecule has 2 heterocycles. The van der Waals surface area contributed by atoms with E-state index >= 15 is 0 Å². The molecule has 3 aromatic rings. The van der Waals surface area contributed by atoms with Crippen LogP contribution in [-0.4, -0.2) is 14.3 Å². The zero-order chi connectivity index (χ0) is 16.5. The van der Waals surface area contributed by atoms with Crippen molar-refractivity contribution in [2.45, 2.75) is 25.2 Å². The van der Waals surface area contributed by atoms with Crippen molar-refractivity contribution in [3.8, 4) is 0 Å². The zero-order valence-electron chi connectivity index (χ0n) is 13.1. The van der Waals surface area contributed by atoms with Gasteiger partial charge < -0.3 is 10.1 Å². The van der Waals surface area contributed by atoms with Gasteiger partial charge in [-0.05, 0) is 41.9 Å². The smallest absolute Gasteiger partial charge is 0.355 e. The second-order valence-corrected chi connectivity index (χ2v) is 6.08. The minimum Gasteiger partial charge on any atom is -0.358 e. The predicted octanol–water partition coefficient (Wildman–Crippen LogP) is 4.59. The van der Waals surface area contributed by atoms with Crippen LogP contribution in [0.5, 0.6) is 0 Å². The van der Waals surface area contributed by atoms with E-state index in [0.29, 0.717) is 17.3 Å². The van der Waals surface area contributed by atoms with E-state index in [1.165, 1.54) is 11.1 Å². The van der Waals surface area contributed by atoms with Gasteiger partial charge in [-0.25, -0.2) is 4.98 Å². The van der Waals surface area contributed by atoms with E-state index in [0.717, 1.165) is 19.3 Å². The van der Waals surface area contributed by atoms with E-state index in [1.807, 2.05) is 30.3 Å². The van der Waals surface area contributed by atoms with Crippen molar-refractivity contribution in [2.24, 2.45) is 0 Å². The van der Waals surface area contributed by atoms with Gasteiger partial charge in [0.2, 0.25) is 5.65 Å². The molecule has 5 heteroatoms. The van der Waals surface area contributed by atoms with Gasteiger partial charge in [-0.2, -0.15) is 4.40 Å². The van der Waals surface area contributed by atoms with Crippen molar-refractivity contribution in [3.63, 3.8) is 0 Å². The molecule has 1 aliphatic carbocycles. The third kappa shape index (κ3) is 2.48. The number of benzene rings is 1. The Labute approximate surface area is 139 Å². The van der Waals surface area contributed by atoms with E-state index in [9.17, 15) is 10.1 Å². The van der Waals surface area contributed by atoms with Gasteiger partial charge in [0.25, 0.3) is 0 Å². The van der Waals surface area contributed by atoms with Gasteiger partial charge in [-0.1, -0.05) is 42.0 Å². The number of nitrogens with zero attached hydrogens (tertiary/aromatic N) is 3. The maximum atomic E-state index is 11.5. The van der Waals surface area contributed by atoms with Crippen molar-refractivity contribution in [1.29, 1.82) is 0 Å². The van der Waals surface area contributed by atoms with Crippen LogP contribution in [-0.2, 0) is 0 Å². The van der Waals surface area contributed by atoms with E-state index in [-0.39, 0.29) is 10.7 Å². The molecule has 5 nitrogen and oxygen atoms in total. The van der Waals surface area contributed by atoms with Crippen LogP contribution in [0.25, 0.3) is 11.7 Å². The Morgan fingerprint density at radius 2 is 1.96 bits per heavy atom. The van der Waals surface area contributed by atoms with Crippen LogP contribution in [0.3, 0.4) is 0 Å². The monoisotopic (exact) mass is 319 g/mol. The Hall–Kier alpha value is -2.95. The summed E-state index contributed by atoms with van der Waals surface area (Å²) in [6.07, 6.45) is 6.76. The summed E-state index contributed by atoms with van der Waals surface area (Å²) in [5.41, 5.74) is 3.55. The molecule has 4 rings (SSSR count). The lowest BCUT2D eigenvalue weighted by Gasteiger charge is -2.12. The molecule has 1 aromatic carbocycles. The summed E-state index contributed by atoms with van der Waals surface area (Å²) in [4.78, 5) is 15.7. The predicted molar refractivity (Wildman–Crippen MR) is 92.9 cm³/mol. The van der Waals surface area contributed by atoms with E-state index in [2.05, 4.69) is 17.1 Å². The summed E-state index contributed by atoms with van der Waals surface area (Å²) >= 11 is 0. The number of nitro groups is 1. The van der Waals surface area contributed by atoms with Crippen molar-refractivity contribution in [1.82, 2.24) is 9.38 Å². The molecule has 0 N–H and O–H groups in total. The third-order valence-corrected chi connectivity index (χ3v) is 4.63. The van der Waals surface area contributed by atoms with Crippen LogP contribution < -0.4 is 0 Å². The Morgan fingerprint density at radius 1 is 1.17 bits per heavy atom. The molecule has 1 aliphatic rings. The molecule has 1 fully saturated rings. The summed E-state index contributed by atoms with van der Waals surface area (Å²) in [7, 11) is 0. The number of pyridine rings is 1. The summed E-state index contributed by atoms with van der Waals surface area (Å²) in [6.45, 7) is 0. The average Bonchev–Trinajstić information content (AvgIpc) is 3.19. The van der Waals surface area contributed by atoms with Crippen molar-refractivity contribution in [3.05, 3.63) is 81.7 Å². The SMILES string of the molecule is O=[N+]([O-])c1c(/C=C2\CCCC2c2ccccc2)nc2ccccn12. The fraction of sp³-hybridized carbons (Fsp3) is 0.211. The van der Waals surface area contributed by atoms with Gasteiger partial charge in [0.05, 0.1) is 6.20 Å². The molecule has 0 spiro atoms. The zero-order valence-corrected chi connectivity index (χ0v) is 13.1. The summed E-state index contributed by atoms with van der Waals surface area (Å²) < 4.78 is 1.54. The van der Waals surface area contributed by atoms with Crippen molar-refractivity contribution >= 4 is 17.5 Å². The maximum Gasteiger partial charge on any atom is 0.355 e. The number of rotatable bonds is 3. The molecule has 0 saturated heterocycles. The molecule has 0 amide bonds. The fourth-order valence-corrected chi connectivity index (χ4v) is 3.56. The number of aromatic nitrogens is 2. The molecular formula is C19H17N3O2. The molecule has 0 bridgehead atoms. The molecular weight excluding hydrogens is 302 g/mol. The minimum atomic E-state index is -0.348. The van der Waals surface area contributed by atoms with Crippen molar-refractivity contribution < 1.29 is 4.92 Å². The Morgan fingerprint density at radius 3 is 2.75 bits per heavy atom. The number of hydrogen-bond donors (Lipinski definition) is 0. The molecule has 1 atom stereocenters. The van der Waals surface area contributed by atoms with Crippen molar-refractivity contribution in [2.75, 3.05) is 0 Å². The molecule has 120 valence electrons. The molecule has 24 heavy (non-hydrogen) atoms. The van der Waals surface area contributed by atoms with Gasteiger partial charge in [0.15, 0.2) is 5.69 Å². The van der Waals surface area contributed by atoms with Crippen LogP contribution in [0.2, 0.25) is 0 Å². The quantitative estimate of drug-likeness (QED) is 0.524. The topological polar surface area (TPSA) is 60.4 Å². The van der Waals surface area contributed by atoms with Crippen LogP contribution in [0.15, 0.2) is 60.3 Å². The molecule has 1 saturated carbocycles. The number of fused-ring (bicyclic) bond motifs is 1. The summed E-state index contributed by atoms with van der Waals surface area (Å²) in [5, 5.41) is 11.5. The molecule has 0 aliphatic heterocycles. The second kappa shape index (κ2) is 5.92. The van der Waals surface area contributed by atoms with Gasteiger partial charge in [-0.3, -0.25) is 0 Å². The highest BCUT2D eigenvalue weighted by Gasteiger charge is 2.26. The van der Waals surface area contributed by atoms with Crippen LogP contribution in [0, 0.1) is 10.1 Å². The van der Waals surface area contributed by atoms with Crippen LogP contribution in [0.4, 0.5) is 5.82 Å². The highest BCUT2D eigenvalue weighted by molar-refractivity contribution is 5.64. The number of allylic oxidation sites excluding steroid dienone is 1. The normalized spacial score (nSPS) is 19.2. The Kier molecular flexibility index (Phi) is 3.61. The van der Waals surface area contributed by atoms with Gasteiger partial charge in [0.1, 0.15) is 0 Å². The van der Waals surface area contributed by atoms with Crippen LogP contribution in [0.1, 0.15) is 36.4 Å². The fourth-order valence-electron chi connectivity index (χ4n) is 3.56. The second-order valence-electron chi connectivity index (χ2n) is 6.08. The highest BCUT2D eigenvalue weighted by Crippen LogP contribution is 2.40. The Balaban J connectivity index is 1.81. The lowest BCUT2D eigenvalue weighted by Crippen LogP contribution is -1.97. The standard InChI is InChI=1S/C19H17N3O2/c23-22(24)19-17(20-18-11-4-5-12-21(18)19)13-15-9-6-10-16(15)14-7-2-1-3-8-14/h1-5,7-8,11-13,16H,6,9-10H2/b15-13+. The van der Waals surface area contributed by atoms with Crippen LogP contribution >= 0.6 is 0 Å². The lowest BCUT2D eigenvalue weighted by molar-refractivity contribution is -0.390. The van der Waals surface area contributed by atoms with E-state index < -0.39 is 0 Å². The first-order valence-corrected chi connectivity index (χ1v) is 8.11. The number of imidazole rings is 1. The van der Waals surface area contributed by atoms with E-state index in [1.54, 1.807) is 22.7 Å². The molecule has 0 radical (unpaired) electrons. The largest absolute Gasteiger partial charge is 0.358 e. The first-order valence-electron chi connectivity index (χ1n) is 8.11. The van der Waals surface area contributed by atoms with Gasteiger partial charge >= 0.3 is 5.82 Å². The molecule has 2 aromatic heterocycles. The van der Waals surface area contributed by atoms with E-state index in [4.69, 9.17) is 0 Å². The highest BCUT2D eigenvalue weighted by atomic mass is 16.6. The molecule has 1 unspecified atom stereocenters. The minimum absolute atomic E-state index is 0.0387.